The van der Waals surface area contributed by atoms with Crippen LogP contribution in [0.4, 0.5) is 5.69 Å². The second kappa shape index (κ2) is 26.2. The van der Waals surface area contributed by atoms with Crippen molar-refractivity contribution in [2.75, 3.05) is 32.7 Å². The summed E-state index contributed by atoms with van der Waals surface area (Å²) >= 11 is 5.58. The molecule has 376 valence electrons. The minimum atomic E-state index is -4.87. The number of likely N-dealkylation sites (tertiary alicyclic amines) is 1. The lowest BCUT2D eigenvalue weighted by Gasteiger charge is -2.37. The van der Waals surface area contributed by atoms with E-state index in [1.54, 1.807) is 24.1 Å². The summed E-state index contributed by atoms with van der Waals surface area (Å²) in [5.41, 5.74) is 0.686. The number of likely N-dealkylation sites (N-methyl/N-ethyl adjacent to an activating group) is 1. The van der Waals surface area contributed by atoms with Crippen LogP contribution in [0.1, 0.15) is 140 Å². The number of amides is 3. The Morgan fingerprint density at radius 2 is 1.78 bits per heavy atom. The van der Waals surface area contributed by atoms with Gasteiger partial charge in [0.05, 0.1) is 17.6 Å². The van der Waals surface area contributed by atoms with Crippen molar-refractivity contribution in [1.29, 1.82) is 0 Å². The minimum Gasteiger partial charge on any atom is -0.481 e. The smallest absolute Gasteiger partial charge is 0.472 e. The number of ether oxygens (including phenoxy) is 2. The quantitative estimate of drug-likeness (QED) is 0.0227. The second-order valence-corrected chi connectivity index (χ2v) is 22.1. The predicted molar refractivity (Wildman–Crippen MR) is 258 cm³/mol. The van der Waals surface area contributed by atoms with E-state index in [9.17, 15) is 38.4 Å². The first-order chi connectivity index (χ1) is 31.2. The Morgan fingerprint density at radius 3 is 2.36 bits per heavy atom. The van der Waals surface area contributed by atoms with E-state index in [1.807, 2.05) is 48.6 Å². The first-order valence-electron chi connectivity index (χ1n) is 22.8. The van der Waals surface area contributed by atoms with Gasteiger partial charge in [0.15, 0.2) is 18.7 Å². The molecule has 0 aliphatic carbocycles. The van der Waals surface area contributed by atoms with Gasteiger partial charge in [-0.3, -0.25) is 33.7 Å². The van der Waals surface area contributed by atoms with E-state index in [4.69, 9.17) is 19.3 Å². The average molecular weight is 998 g/mol. The second-order valence-electron chi connectivity index (χ2n) is 18.7. The molecular weight excluding hydrogens is 926 g/mol. The molecule has 5 N–H and O–H groups in total. The molecule has 1 saturated heterocycles. The molecule has 0 bridgehead atoms. The van der Waals surface area contributed by atoms with Crippen LogP contribution in [-0.2, 0) is 44.2 Å². The predicted octanol–water partition coefficient (Wildman–Crippen LogP) is 7.05. The number of rotatable bonds is 27. The number of thiol groups is 1. The third-order valence-corrected chi connectivity index (χ3v) is 13.8. The number of carboxylic acid groups (broad SMARTS) is 1. The van der Waals surface area contributed by atoms with Gasteiger partial charge in [0.25, 0.3) is 5.91 Å². The molecule has 1 aromatic heterocycles. The van der Waals surface area contributed by atoms with Crippen LogP contribution < -0.4 is 15.4 Å². The van der Waals surface area contributed by atoms with Gasteiger partial charge in [-0.25, -0.2) is 14.1 Å². The lowest BCUT2D eigenvalue weighted by atomic mass is 9.83. The fraction of sp³-hybridized carbons (Fsp3) is 0.674. The Kier molecular flexibility index (Phi) is 22.4. The maximum absolute atomic E-state index is 14.4. The number of carboxylic acids is 1. The number of hydrogen-bond donors (Lipinski definition) is 6. The lowest BCUT2D eigenvalue weighted by Crippen LogP contribution is -2.48. The van der Waals surface area contributed by atoms with Crippen molar-refractivity contribution < 1.29 is 62.2 Å². The maximum Gasteiger partial charge on any atom is 0.472 e. The summed E-state index contributed by atoms with van der Waals surface area (Å²) in [6.07, 6.45) is 3.44. The zero-order chi connectivity index (χ0) is 50.4. The number of ketones is 1. The van der Waals surface area contributed by atoms with Gasteiger partial charge >= 0.3 is 19.8 Å². The highest BCUT2D eigenvalue weighted by molar-refractivity contribution is 7.81. The van der Waals surface area contributed by atoms with E-state index in [0.29, 0.717) is 23.4 Å². The van der Waals surface area contributed by atoms with Crippen molar-refractivity contribution in [2.24, 2.45) is 23.7 Å². The van der Waals surface area contributed by atoms with Gasteiger partial charge < -0.3 is 39.9 Å². The number of carbonyl (C=O) groups is 6. The van der Waals surface area contributed by atoms with E-state index in [-0.39, 0.29) is 78.8 Å². The van der Waals surface area contributed by atoms with Crippen molar-refractivity contribution in [2.45, 2.75) is 149 Å². The monoisotopic (exact) mass is 997 g/mol. The molecule has 1 aliphatic rings. The van der Waals surface area contributed by atoms with Crippen molar-refractivity contribution in [3.63, 3.8) is 0 Å². The van der Waals surface area contributed by atoms with Crippen LogP contribution in [-0.4, -0.2) is 115 Å². The molecule has 1 aliphatic heterocycles. The van der Waals surface area contributed by atoms with Gasteiger partial charge in [-0.2, -0.15) is 12.6 Å². The minimum absolute atomic E-state index is 0.00172. The number of carbonyl (C=O) groups excluding carboxylic acids is 5. The number of aromatic nitrogens is 1. The Balaban J connectivity index is 1.89. The summed E-state index contributed by atoms with van der Waals surface area (Å²) in [6.45, 7) is 14.4. The van der Waals surface area contributed by atoms with Crippen LogP contribution in [0.15, 0.2) is 23.6 Å². The number of Topliss-reactive ketones (excluding diaryl/α,β-unsaturated/α-hetero) is 1. The molecule has 1 fully saturated rings. The molecule has 0 spiro atoms. The Bertz CT molecular complexity index is 2060. The number of thiazole rings is 1. The zero-order valence-corrected chi connectivity index (χ0v) is 43.1. The highest BCUT2D eigenvalue weighted by Gasteiger charge is 2.38. The number of hydrogen-bond acceptors (Lipinski definition) is 14. The first kappa shape index (κ1) is 57.4. The summed E-state index contributed by atoms with van der Waals surface area (Å²) in [6, 6.07) is 3.16. The van der Waals surface area contributed by atoms with E-state index >= 15 is 0 Å². The van der Waals surface area contributed by atoms with E-state index in [1.165, 1.54) is 25.3 Å². The maximum atomic E-state index is 14.4. The van der Waals surface area contributed by atoms with E-state index in [2.05, 4.69) is 37.7 Å². The topological polar surface area (TPSA) is 251 Å². The van der Waals surface area contributed by atoms with Crippen molar-refractivity contribution in [1.82, 2.24) is 20.1 Å². The summed E-state index contributed by atoms with van der Waals surface area (Å²) < 4.78 is 26.5. The normalized spacial score (nSPS) is 17.4. The fourth-order valence-electron chi connectivity index (χ4n) is 8.10. The number of phosphoric ester groups is 1. The molecule has 2 heterocycles. The van der Waals surface area contributed by atoms with Crippen molar-refractivity contribution in [3.05, 3.63) is 39.8 Å². The van der Waals surface area contributed by atoms with Crippen molar-refractivity contribution >= 4 is 72.9 Å². The molecule has 67 heavy (non-hydrogen) atoms. The largest absolute Gasteiger partial charge is 0.481 e. The van der Waals surface area contributed by atoms with Crippen LogP contribution in [0.3, 0.4) is 0 Å². The Hall–Kier alpha value is -3.91. The summed E-state index contributed by atoms with van der Waals surface area (Å²) in [5, 5.41) is 17.3. The third-order valence-electron chi connectivity index (χ3n) is 12.2. The SMILES string of the molecule is CC[C@H](C)[C@H](CC(=O)C1CCCCN1C)C(=O)N(C)[C@H](C[C@@H](OC(C)=O)c1nc(C(=O)N[C@@H](Cc2ccc(OCOP(=O)(O)O)c(NC(=O)CCC(C)(C)S)c2)CC(C)C(=O)O)cs1)C(C)C. The molecule has 2 unspecified atom stereocenters. The number of piperidine rings is 1. The Labute approximate surface area is 404 Å². The number of anilines is 1. The molecule has 7 atom stereocenters. The number of phosphoric acid groups is 1. The summed E-state index contributed by atoms with van der Waals surface area (Å²) in [5.74, 6) is -4.34. The van der Waals surface area contributed by atoms with E-state index in [0.717, 1.165) is 37.1 Å². The van der Waals surface area contributed by atoms with Crippen LogP contribution >= 0.6 is 31.8 Å². The van der Waals surface area contributed by atoms with Crippen LogP contribution in [0.25, 0.3) is 0 Å². The lowest BCUT2D eigenvalue weighted by molar-refractivity contribution is -0.149. The van der Waals surface area contributed by atoms with Gasteiger partial charge in [-0.05, 0) is 75.2 Å². The average Bonchev–Trinajstić information content (AvgIpc) is 3.73. The third kappa shape index (κ3) is 19.2. The fourth-order valence-corrected chi connectivity index (χ4v) is 9.24. The molecule has 2 aromatic rings. The number of aliphatic carboxylic acids is 1. The highest BCUT2D eigenvalue weighted by Crippen LogP contribution is 2.37. The molecule has 18 nitrogen and oxygen atoms in total. The Morgan fingerprint density at radius 1 is 1.09 bits per heavy atom. The molecule has 3 rings (SSSR count). The molecule has 3 amide bonds. The van der Waals surface area contributed by atoms with Crippen molar-refractivity contribution in [3.8, 4) is 5.75 Å². The summed E-state index contributed by atoms with van der Waals surface area (Å²) in [7, 11) is -1.20. The molecule has 0 saturated carbocycles. The van der Waals surface area contributed by atoms with Gasteiger partial charge in [0.2, 0.25) is 11.8 Å². The highest BCUT2D eigenvalue weighted by atomic mass is 32.1. The van der Waals surface area contributed by atoms with Crippen LogP contribution in [0, 0.1) is 23.7 Å². The number of nitrogens with one attached hydrogen (secondary N) is 2. The number of nitrogens with zero attached hydrogens (tertiary/aromatic N) is 3. The molecular formula is C46H72N5O13PS2. The van der Waals surface area contributed by atoms with Gasteiger partial charge in [0.1, 0.15) is 16.5 Å². The first-order valence-corrected chi connectivity index (χ1v) is 25.7. The van der Waals surface area contributed by atoms with Gasteiger partial charge in [-0.15, -0.1) is 11.3 Å². The van der Waals surface area contributed by atoms with E-state index < -0.39 is 73.1 Å². The number of benzene rings is 1. The molecule has 21 heteroatoms. The molecule has 0 radical (unpaired) electrons. The zero-order valence-electron chi connectivity index (χ0n) is 40.5. The van der Waals surface area contributed by atoms with Crippen LogP contribution in [0.5, 0.6) is 5.75 Å². The van der Waals surface area contributed by atoms with Gasteiger partial charge in [0, 0.05) is 61.4 Å². The summed E-state index contributed by atoms with van der Waals surface area (Å²) in [4.78, 5) is 106. The standard InChI is InChI=1S/C46H72N5O13PS2/c1-11-28(4)33(23-38(53)36-14-12-13-19-50(36)9)44(56)51(10)37(27(2)3)24-40(64-30(6)52)43-49-35(25-67-43)42(55)47-32(20-29(5)45(57)58)21-31-15-16-39(62-26-63-65(59,60)61)34(22-31)48-41(54)17-18-46(7,8)66/h15-16,22,25,27-29,32-33,36-37,40,66H,11-14,17-21,23-24,26H2,1-10H3,(H,47,55)(H,48,54)(H,57,58)(H2,59,60,61)/t28-,29?,32+,33-,36?,37+,40+/m0/s1. The molecule has 1 aromatic carbocycles. The number of esters is 1. The van der Waals surface area contributed by atoms with Gasteiger partial charge in [-0.1, -0.05) is 67.4 Å². The van der Waals surface area contributed by atoms with Crippen LogP contribution in [0.2, 0.25) is 0 Å².